The molecule has 1 aliphatic rings. The van der Waals surface area contributed by atoms with Crippen LogP contribution in [0.4, 0.5) is 11.5 Å². The Labute approximate surface area is 185 Å². The van der Waals surface area contributed by atoms with E-state index in [4.69, 9.17) is 0 Å². The lowest BCUT2D eigenvalue weighted by Gasteiger charge is -2.38. The summed E-state index contributed by atoms with van der Waals surface area (Å²) < 4.78 is 1.69. The summed E-state index contributed by atoms with van der Waals surface area (Å²) in [5.74, 6) is 0.190. The highest BCUT2D eigenvalue weighted by molar-refractivity contribution is 6.12. The molecule has 9 heteroatoms. The fourth-order valence-corrected chi connectivity index (χ4v) is 4.49. The van der Waals surface area contributed by atoms with Gasteiger partial charge in [0.1, 0.15) is 11.0 Å². The largest absolute Gasteiger partial charge is 0.367 e. The summed E-state index contributed by atoms with van der Waals surface area (Å²) in [6, 6.07) is 6.35. The van der Waals surface area contributed by atoms with Gasteiger partial charge in [-0.1, -0.05) is 0 Å². The second-order valence-corrected chi connectivity index (χ2v) is 8.58. The highest BCUT2D eigenvalue weighted by atomic mass is 16.1. The molecule has 0 bridgehead atoms. The Morgan fingerprint density at radius 1 is 1.09 bits per heavy atom. The van der Waals surface area contributed by atoms with Gasteiger partial charge in [-0.05, 0) is 51.5 Å². The molecule has 0 radical (unpaired) electrons. The van der Waals surface area contributed by atoms with E-state index in [0.29, 0.717) is 29.0 Å². The predicted octanol–water partition coefficient (Wildman–Crippen LogP) is 2.73. The zero-order chi connectivity index (χ0) is 22.4. The third-order valence-electron chi connectivity index (χ3n) is 5.72. The molecule has 32 heavy (non-hydrogen) atoms. The maximum atomic E-state index is 13.2. The first-order chi connectivity index (χ1) is 15.4. The molecule has 1 aliphatic heterocycles. The van der Waals surface area contributed by atoms with Crippen LogP contribution in [0, 0.1) is 13.8 Å². The summed E-state index contributed by atoms with van der Waals surface area (Å²) in [6.45, 7) is 9.95. The van der Waals surface area contributed by atoms with Crippen molar-refractivity contribution in [3.05, 3.63) is 53.6 Å². The number of nitrogens with one attached hydrogen (secondary N) is 2. The standard InChI is InChI=1S/C23H26N8O/c1-13-9-19(29-31-12-16(4)27-22(13)31)28-23(32)17-5-6-18(21-20(17)24-7-8-25-21)30-10-14(2)26-15(3)11-30/h5-9,12,14-15,26H,10-11H2,1-4H3,(H,28,29,32)/t14-,15-/m0/s1. The van der Waals surface area contributed by atoms with Crippen molar-refractivity contribution >= 4 is 34.1 Å². The number of aromatic nitrogens is 5. The summed E-state index contributed by atoms with van der Waals surface area (Å²) in [7, 11) is 0. The number of carbonyl (C=O) groups excluding carboxylic acids is 1. The van der Waals surface area contributed by atoms with Crippen molar-refractivity contribution in [1.82, 2.24) is 29.9 Å². The molecule has 0 spiro atoms. The number of rotatable bonds is 3. The number of hydrogen-bond donors (Lipinski definition) is 2. The highest BCUT2D eigenvalue weighted by Gasteiger charge is 2.24. The van der Waals surface area contributed by atoms with E-state index in [1.165, 1.54) is 0 Å². The summed E-state index contributed by atoms with van der Waals surface area (Å²) in [6.07, 6.45) is 5.13. The number of amides is 1. The number of aryl methyl sites for hydroxylation is 2. The molecular formula is C23H26N8O. The average molecular weight is 431 g/mol. The fraction of sp³-hybridized carbons (Fsp3) is 0.348. The van der Waals surface area contributed by atoms with Crippen molar-refractivity contribution in [2.75, 3.05) is 23.3 Å². The van der Waals surface area contributed by atoms with Gasteiger partial charge in [0, 0.05) is 37.6 Å². The monoisotopic (exact) mass is 430 g/mol. The van der Waals surface area contributed by atoms with E-state index >= 15 is 0 Å². The van der Waals surface area contributed by atoms with Crippen molar-refractivity contribution < 1.29 is 4.79 Å². The van der Waals surface area contributed by atoms with Crippen LogP contribution in [0.1, 0.15) is 35.5 Å². The molecule has 2 atom stereocenters. The van der Waals surface area contributed by atoms with E-state index in [-0.39, 0.29) is 5.91 Å². The van der Waals surface area contributed by atoms with Gasteiger partial charge in [0.25, 0.3) is 5.91 Å². The molecule has 3 aromatic heterocycles. The normalized spacial score (nSPS) is 18.9. The second-order valence-electron chi connectivity index (χ2n) is 8.58. The van der Waals surface area contributed by atoms with Gasteiger partial charge < -0.3 is 15.5 Å². The van der Waals surface area contributed by atoms with Crippen LogP contribution >= 0.6 is 0 Å². The van der Waals surface area contributed by atoms with Crippen LogP contribution in [0.3, 0.4) is 0 Å². The number of hydrogen-bond acceptors (Lipinski definition) is 7. The van der Waals surface area contributed by atoms with Crippen LogP contribution in [0.5, 0.6) is 0 Å². The van der Waals surface area contributed by atoms with Crippen molar-refractivity contribution in [2.45, 2.75) is 39.8 Å². The Bertz CT molecular complexity index is 1320. The average Bonchev–Trinajstić information content (AvgIpc) is 3.13. The number of benzene rings is 1. The maximum absolute atomic E-state index is 13.2. The van der Waals surface area contributed by atoms with Gasteiger partial charge in [-0.3, -0.25) is 14.8 Å². The molecule has 0 aliphatic carbocycles. The summed E-state index contributed by atoms with van der Waals surface area (Å²) >= 11 is 0. The van der Waals surface area contributed by atoms with Crippen LogP contribution in [0.25, 0.3) is 16.7 Å². The second kappa shape index (κ2) is 7.83. The van der Waals surface area contributed by atoms with Gasteiger partial charge in [0.05, 0.1) is 23.1 Å². The quantitative estimate of drug-likeness (QED) is 0.515. The predicted molar refractivity (Wildman–Crippen MR) is 124 cm³/mol. The molecule has 4 aromatic rings. The minimum atomic E-state index is -0.271. The maximum Gasteiger partial charge on any atom is 0.259 e. The highest BCUT2D eigenvalue weighted by Crippen LogP contribution is 2.28. The van der Waals surface area contributed by atoms with Crippen molar-refractivity contribution in [3.63, 3.8) is 0 Å². The Hall–Kier alpha value is -3.59. The first kappa shape index (κ1) is 20.3. The molecule has 9 nitrogen and oxygen atoms in total. The van der Waals surface area contributed by atoms with Crippen molar-refractivity contribution in [3.8, 4) is 0 Å². The minimum absolute atomic E-state index is 0.271. The Morgan fingerprint density at radius 3 is 2.56 bits per heavy atom. The lowest BCUT2D eigenvalue weighted by molar-refractivity contribution is 0.102. The smallest absolute Gasteiger partial charge is 0.259 e. The number of fused-ring (bicyclic) bond motifs is 2. The number of anilines is 2. The van der Waals surface area contributed by atoms with Gasteiger partial charge in [0.2, 0.25) is 0 Å². The fourth-order valence-electron chi connectivity index (χ4n) is 4.49. The van der Waals surface area contributed by atoms with Crippen molar-refractivity contribution in [1.29, 1.82) is 0 Å². The first-order valence-electron chi connectivity index (χ1n) is 10.8. The lowest BCUT2D eigenvalue weighted by Crippen LogP contribution is -2.54. The summed E-state index contributed by atoms with van der Waals surface area (Å²) in [4.78, 5) is 29.1. The van der Waals surface area contributed by atoms with Gasteiger partial charge in [-0.25, -0.2) is 9.50 Å². The third-order valence-corrected chi connectivity index (χ3v) is 5.72. The number of carbonyl (C=O) groups is 1. The van der Waals surface area contributed by atoms with E-state index in [9.17, 15) is 4.79 Å². The summed E-state index contributed by atoms with van der Waals surface area (Å²) in [5.41, 5.74) is 5.36. The number of piperazine rings is 1. The SMILES string of the molecule is Cc1cn2nc(NC(=O)c3ccc(N4C[C@H](C)N[C@@H](C)C4)c4nccnc34)cc(C)c2n1. The van der Waals surface area contributed by atoms with E-state index in [0.717, 1.165) is 41.2 Å². The molecule has 1 fully saturated rings. The first-order valence-corrected chi connectivity index (χ1v) is 10.8. The van der Waals surface area contributed by atoms with Gasteiger partial charge >= 0.3 is 0 Å². The Morgan fingerprint density at radius 2 is 1.81 bits per heavy atom. The molecule has 0 saturated carbocycles. The van der Waals surface area contributed by atoms with Crippen LogP contribution in [0.2, 0.25) is 0 Å². The molecule has 0 unspecified atom stereocenters. The minimum Gasteiger partial charge on any atom is -0.367 e. The molecule has 4 heterocycles. The van der Waals surface area contributed by atoms with Crippen LogP contribution in [-0.2, 0) is 0 Å². The topological polar surface area (TPSA) is 100 Å². The molecule has 5 rings (SSSR count). The number of imidazole rings is 1. The van der Waals surface area contributed by atoms with Gasteiger partial charge in [0.15, 0.2) is 11.5 Å². The van der Waals surface area contributed by atoms with E-state index in [1.54, 1.807) is 16.9 Å². The van der Waals surface area contributed by atoms with E-state index < -0.39 is 0 Å². The van der Waals surface area contributed by atoms with Gasteiger partial charge in [-0.15, -0.1) is 5.10 Å². The lowest BCUT2D eigenvalue weighted by atomic mass is 10.1. The van der Waals surface area contributed by atoms with E-state index in [2.05, 4.69) is 49.4 Å². The third kappa shape index (κ3) is 3.64. The van der Waals surface area contributed by atoms with Crippen LogP contribution in [-0.4, -0.2) is 55.6 Å². The summed E-state index contributed by atoms with van der Waals surface area (Å²) in [5, 5.41) is 10.9. The molecule has 1 saturated heterocycles. The van der Waals surface area contributed by atoms with E-state index in [1.807, 2.05) is 38.2 Å². The molecule has 164 valence electrons. The zero-order valence-corrected chi connectivity index (χ0v) is 18.6. The van der Waals surface area contributed by atoms with Gasteiger partial charge in [-0.2, -0.15) is 0 Å². The zero-order valence-electron chi connectivity index (χ0n) is 18.6. The van der Waals surface area contributed by atoms with Crippen LogP contribution in [0.15, 0.2) is 36.8 Å². The molecule has 1 aromatic carbocycles. The Kier molecular flexibility index (Phi) is 4.97. The number of nitrogens with zero attached hydrogens (tertiary/aromatic N) is 6. The molecular weight excluding hydrogens is 404 g/mol. The Balaban J connectivity index is 1.50. The van der Waals surface area contributed by atoms with Crippen molar-refractivity contribution in [2.24, 2.45) is 0 Å². The molecule has 2 N–H and O–H groups in total. The van der Waals surface area contributed by atoms with Crippen LogP contribution < -0.4 is 15.5 Å². The molecule has 1 amide bonds.